The Hall–Kier alpha value is -1.13. The van der Waals surface area contributed by atoms with E-state index in [1.165, 1.54) is 244 Å². The second-order valence-corrected chi connectivity index (χ2v) is 18.7. The fourth-order valence-electron chi connectivity index (χ4n) is 8.57. The second-order valence-electron chi connectivity index (χ2n) is 18.7. The first-order valence-electron chi connectivity index (χ1n) is 27.0. The summed E-state index contributed by atoms with van der Waals surface area (Å²) in [6.07, 6.45) is 67.2. The number of hydrogen-bond acceptors (Lipinski definition) is 3. The summed E-state index contributed by atoms with van der Waals surface area (Å²) >= 11 is 0. The number of unbranched alkanes of at least 4 members (excludes halogenated alkanes) is 39. The lowest BCUT2D eigenvalue weighted by atomic mass is 10.0. The fourth-order valence-corrected chi connectivity index (χ4v) is 8.57. The number of nitrogens with one attached hydrogen (secondary N) is 1. The van der Waals surface area contributed by atoms with Crippen molar-refractivity contribution in [1.29, 1.82) is 0 Å². The van der Waals surface area contributed by atoms with Crippen LogP contribution in [0.15, 0.2) is 24.3 Å². The maximum absolute atomic E-state index is 12.5. The highest BCUT2D eigenvalue weighted by Gasteiger charge is 2.20. The van der Waals surface area contributed by atoms with Crippen LogP contribution in [0.5, 0.6) is 0 Å². The van der Waals surface area contributed by atoms with Crippen LogP contribution in [0, 0.1) is 0 Å². The molecule has 0 bridgehead atoms. The summed E-state index contributed by atoms with van der Waals surface area (Å²) in [7, 11) is 0. The van der Waals surface area contributed by atoms with Gasteiger partial charge in [0.05, 0.1) is 18.8 Å². The quantitative estimate of drug-likeness (QED) is 0.0422. The van der Waals surface area contributed by atoms with Gasteiger partial charge in [0.25, 0.3) is 0 Å². The zero-order chi connectivity index (χ0) is 42.8. The molecule has 0 aromatic carbocycles. The Balaban J connectivity index is 3.47. The van der Waals surface area contributed by atoms with E-state index in [-0.39, 0.29) is 12.5 Å². The Morgan fingerprint density at radius 1 is 0.407 bits per heavy atom. The van der Waals surface area contributed by atoms with Crippen LogP contribution >= 0.6 is 0 Å². The second kappa shape index (κ2) is 51.2. The number of amides is 1. The largest absolute Gasteiger partial charge is 0.394 e. The molecular formula is C55H107NO3. The van der Waals surface area contributed by atoms with E-state index in [0.717, 1.165) is 32.1 Å². The molecular weight excluding hydrogens is 723 g/mol. The molecule has 0 radical (unpaired) electrons. The molecule has 1 amide bonds. The summed E-state index contributed by atoms with van der Waals surface area (Å²) in [5.41, 5.74) is 0. The third-order valence-electron chi connectivity index (χ3n) is 12.7. The summed E-state index contributed by atoms with van der Waals surface area (Å²) < 4.78 is 0. The van der Waals surface area contributed by atoms with Gasteiger partial charge < -0.3 is 15.5 Å². The SMILES string of the molecule is CCCCCCCCCCC/C=C\C/C=C\CCCCCCCCCC(=O)NC(CO)C(O)CCCCCCCCCCCCCCCCCCCCCCCCCC. The summed E-state index contributed by atoms with van der Waals surface area (Å²) in [6, 6.07) is -0.540. The number of aliphatic hydroxyl groups excluding tert-OH is 2. The number of allylic oxidation sites excluding steroid dienone is 4. The van der Waals surface area contributed by atoms with Crippen LogP contribution in [0.3, 0.4) is 0 Å². The van der Waals surface area contributed by atoms with Crippen molar-refractivity contribution in [3.63, 3.8) is 0 Å². The van der Waals surface area contributed by atoms with Crippen LogP contribution in [0.4, 0.5) is 0 Å². The van der Waals surface area contributed by atoms with Crippen molar-refractivity contribution in [2.75, 3.05) is 6.61 Å². The first kappa shape index (κ1) is 57.9. The molecule has 0 spiro atoms. The van der Waals surface area contributed by atoms with E-state index >= 15 is 0 Å². The molecule has 4 nitrogen and oxygen atoms in total. The van der Waals surface area contributed by atoms with Gasteiger partial charge >= 0.3 is 0 Å². The number of rotatable bonds is 50. The Kier molecular flexibility index (Phi) is 50.2. The fraction of sp³-hybridized carbons (Fsp3) is 0.909. The number of carbonyl (C=O) groups is 1. The molecule has 0 aliphatic heterocycles. The summed E-state index contributed by atoms with van der Waals surface area (Å²) in [4.78, 5) is 12.5. The van der Waals surface area contributed by atoms with Crippen LogP contribution in [-0.4, -0.2) is 34.9 Å². The number of carbonyl (C=O) groups excluding carboxylic acids is 1. The van der Waals surface area contributed by atoms with Crippen molar-refractivity contribution in [2.24, 2.45) is 0 Å². The monoisotopic (exact) mass is 830 g/mol. The van der Waals surface area contributed by atoms with E-state index in [1.807, 2.05) is 0 Å². The molecule has 59 heavy (non-hydrogen) atoms. The van der Waals surface area contributed by atoms with Gasteiger partial charge in [-0.1, -0.05) is 276 Å². The van der Waals surface area contributed by atoms with Crippen LogP contribution < -0.4 is 5.32 Å². The van der Waals surface area contributed by atoms with Crippen molar-refractivity contribution in [2.45, 2.75) is 315 Å². The first-order valence-corrected chi connectivity index (χ1v) is 27.0. The minimum atomic E-state index is -0.663. The van der Waals surface area contributed by atoms with Gasteiger partial charge in [-0.15, -0.1) is 0 Å². The van der Waals surface area contributed by atoms with Gasteiger partial charge in [0.1, 0.15) is 0 Å². The Morgan fingerprint density at radius 2 is 0.695 bits per heavy atom. The lowest BCUT2D eigenvalue weighted by Crippen LogP contribution is -2.45. The minimum absolute atomic E-state index is 0.0344. The molecule has 0 saturated heterocycles. The molecule has 0 heterocycles. The summed E-state index contributed by atoms with van der Waals surface area (Å²) in [5, 5.41) is 23.3. The Bertz CT molecular complexity index is 855. The molecule has 350 valence electrons. The normalized spacial score (nSPS) is 12.9. The molecule has 0 fully saturated rings. The van der Waals surface area contributed by atoms with Gasteiger partial charge in [0.2, 0.25) is 5.91 Å². The predicted molar refractivity (Wildman–Crippen MR) is 262 cm³/mol. The van der Waals surface area contributed by atoms with E-state index in [9.17, 15) is 15.0 Å². The van der Waals surface area contributed by atoms with Crippen molar-refractivity contribution >= 4 is 5.91 Å². The zero-order valence-corrected chi connectivity index (χ0v) is 40.3. The molecule has 2 atom stereocenters. The van der Waals surface area contributed by atoms with E-state index in [0.29, 0.717) is 12.8 Å². The third kappa shape index (κ3) is 47.8. The molecule has 0 aliphatic rings. The van der Waals surface area contributed by atoms with Gasteiger partial charge in [-0.05, 0) is 44.9 Å². The Labute approximate surface area is 370 Å². The molecule has 0 rings (SSSR count). The third-order valence-corrected chi connectivity index (χ3v) is 12.7. The van der Waals surface area contributed by atoms with Crippen LogP contribution in [0.1, 0.15) is 303 Å². The van der Waals surface area contributed by atoms with Crippen molar-refractivity contribution in [1.82, 2.24) is 5.32 Å². The maximum Gasteiger partial charge on any atom is 0.220 e. The van der Waals surface area contributed by atoms with Gasteiger partial charge in [-0.25, -0.2) is 0 Å². The molecule has 0 aliphatic carbocycles. The van der Waals surface area contributed by atoms with Crippen LogP contribution in [0.25, 0.3) is 0 Å². The Morgan fingerprint density at radius 3 is 1.02 bits per heavy atom. The molecule has 0 saturated carbocycles. The predicted octanol–water partition coefficient (Wildman–Crippen LogP) is 17.5. The van der Waals surface area contributed by atoms with E-state index in [2.05, 4.69) is 43.5 Å². The molecule has 4 heteroatoms. The van der Waals surface area contributed by atoms with Gasteiger partial charge in [0, 0.05) is 6.42 Å². The maximum atomic E-state index is 12.5. The average Bonchev–Trinajstić information content (AvgIpc) is 3.24. The first-order chi connectivity index (χ1) is 29.2. The molecule has 0 aromatic rings. The van der Waals surface area contributed by atoms with E-state index in [1.54, 1.807) is 0 Å². The molecule has 2 unspecified atom stereocenters. The van der Waals surface area contributed by atoms with E-state index in [4.69, 9.17) is 0 Å². The summed E-state index contributed by atoms with van der Waals surface area (Å²) in [5.74, 6) is -0.0344. The summed E-state index contributed by atoms with van der Waals surface area (Å²) in [6.45, 7) is 4.39. The zero-order valence-electron chi connectivity index (χ0n) is 40.3. The highest BCUT2D eigenvalue weighted by Crippen LogP contribution is 2.17. The minimum Gasteiger partial charge on any atom is -0.394 e. The van der Waals surface area contributed by atoms with Crippen LogP contribution in [0.2, 0.25) is 0 Å². The molecule has 3 N–H and O–H groups in total. The molecule has 0 aromatic heterocycles. The topological polar surface area (TPSA) is 69.6 Å². The van der Waals surface area contributed by atoms with Crippen molar-refractivity contribution in [3.8, 4) is 0 Å². The standard InChI is InChI=1S/C55H107NO3/c1-3-5-7-9-11-13-15-17-19-21-23-25-27-29-30-32-34-36-38-40-42-44-46-48-50-54(58)53(52-57)56-55(59)51-49-47-45-43-41-39-37-35-33-31-28-26-24-22-20-18-16-14-12-10-8-6-4-2/h24,26,31,33,53-54,57-58H,3-23,25,27-30,32,34-52H2,1-2H3,(H,56,59)/b26-24-,33-31-. The smallest absolute Gasteiger partial charge is 0.220 e. The lowest BCUT2D eigenvalue weighted by Gasteiger charge is -2.22. The highest BCUT2D eigenvalue weighted by atomic mass is 16.3. The van der Waals surface area contributed by atoms with Gasteiger partial charge in [0.15, 0.2) is 0 Å². The number of hydrogen-bond donors (Lipinski definition) is 3. The van der Waals surface area contributed by atoms with Crippen molar-refractivity contribution in [3.05, 3.63) is 24.3 Å². The van der Waals surface area contributed by atoms with E-state index < -0.39 is 12.1 Å². The van der Waals surface area contributed by atoms with Crippen molar-refractivity contribution < 1.29 is 15.0 Å². The van der Waals surface area contributed by atoms with Gasteiger partial charge in [-0.2, -0.15) is 0 Å². The lowest BCUT2D eigenvalue weighted by molar-refractivity contribution is -0.123. The van der Waals surface area contributed by atoms with Gasteiger partial charge in [-0.3, -0.25) is 4.79 Å². The highest BCUT2D eigenvalue weighted by molar-refractivity contribution is 5.76. The average molecular weight is 830 g/mol. The number of aliphatic hydroxyl groups is 2. The van der Waals surface area contributed by atoms with Crippen LogP contribution in [-0.2, 0) is 4.79 Å².